The molecule has 10 heteroatoms. The summed E-state index contributed by atoms with van der Waals surface area (Å²) in [7, 11) is 7.43. The third kappa shape index (κ3) is 10.4. The van der Waals surface area contributed by atoms with E-state index in [-0.39, 0.29) is 11.8 Å². The zero-order valence-corrected chi connectivity index (χ0v) is 24.4. The normalized spacial score (nSPS) is 11.3. The lowest BCUT2D eigenvalue weighted by Crippen LogP contribution is -2.45. The van der Waals surface area contributed by atoms with Crippen LogP contribution in [0.3, 0.4) is 0 Å². The second-order valence-electron chi connectivity index (χ2n) is 9.66. The topological polar surface area (TPSA) is 117 Å². The van der Waals surface area contributed by atoms with Crippen LogP contribution >= 0.6 is 0 Å². The van der Waals surface area contributed by atoms with Gasteiger partial charge in [-0.05, 0) is 52.1 Å². The van der Waals surface area contributed by atoms with Crippen LogP contribution in [0.4, 0.5) is 17.5 Å². The quantitative estimate of drug-likeness (QED) is 0.224. The number of rotatable bonds is 13. The van der Waals surface area contributed by atoms with Crippen molar-refractivity contribution < 1.29 is 9.59 Å². The first-order valence-electron chi connectivity index (χ1n) is 13.4. The van der Waals surface area contributed by atoms with E-state index in [2.05, 4.69) is 45.4 Å². The summed E-state index contributed by atoms with van der Waals surface area (Å²) in [5, 5.41) is 15.2. The summed E-state index contributed by atoms with van der Waals surface area (Å²) in [4.78, 5) is 39.3. The van der Waals surface area contributed by atoms with Gasteiger partial charge in [-0.25, -0.2) is 4.98 Å². The van der Waals surface area contributed by atoms with Gasteiger partial charge in [0, 0.05) is 51.9 Å². The Morgan fingerprint density at radius 1 is 1.20 bits per heavy atom. The van der Waals surface area contributed by atoms with Crippen molar-refractivity contribution in [2.75, 3.05) is 58.0 Å². The van der Waals surface area contributed by atoms with Gasteiger partial charge in [0.2, 0.25) is 17.8 Å². The molecule has 2 amide bonds. The first-order chi connectivity index (χ1) is 19.2. The lowest BCUT2D eigenvalue weighted by Gasteiger charge is -2.23. The number of anilines is 3. The van der Waals surface area contributed by atoms with Crippen molar-refractivity contribution >= 4 is 29.3 Å². The highest BCUT2D eigenvalue weighted by Crippen LogP contribution is 2.20. The van der Waals surface area contributed by atoms with Gasteiger partial charge < -0.3 is 25.3 Å². The molecule has 0 fully saturated rings. The third-order valence-electron chi connectivity index (χ3n) is 5.98. The van der Waals surface area contributed by atoms with Crippen molar-refractivity contribution in [3.63, 3.8) is 0 Å². The van der Waals surface area contributed by atoms with Gasteiger partial charge in [-0.15, -0.1) is 0 Å². The van der Waals surface area contributed by atoms with Gasteiger partial charge in [-0.3, -0.25) is 9.59 Å². The Morgan fingerprint density at radius 2 is 1.98 bits per heavy atom. The molecule has 0 aliphatic rings. The fourth-order valence-corrected chi connectivity index (χ4v) is 3.59. The summed E-state index contributed by atoms with van der Waals surface area (Å²) in [6.45, 7) is 5.73. The number of carbonyl (C=O) groups excluding carboxylic acids is 2. The van der Waals surface area contributed by atoms with Crippen molar-refractivity contribution in [1.82, 2.24) is 25.1 Å². The van der Waals surface area contributed by atoms with Crippen LogP contribution in [0.25, 0.3) is 0 Å². The maximum Gasteiger partial charge on any atom is 0.246 e. The summed E-state index contributed by atoms with van der Waals surface area (Å²) in [6, 6.07) is 8.69. The number of unbranched alkanes of at least 4 members (excludes halogenated alkanes) is 1. The summed E-state index contributed by atoms with van der Waals surface area (Å²) in [5.74, 6) is 7.06. The number of nitriles is 1. The van der Waals surface area contributed by atoms with E-state index in [1.807, 2.05) is 37.0 Å². The number of hydrogen-bond acceptors (Lipinski definition) is 8. The number of carbonyl (C=O) groups is 2. The molecule has 212 valence electrons. The van der Waals surface area contributed by atoms with E-state index in [9.17, 15) is 9.59 Å². The van der Waals surface area contributed by atoms with Crippen molar-refractivity contribution in [1.29, 1.82) is 5.26 Å². The third-order valence-corrected chi connectivity index (χ3v) is 5.98. The Labute approximate surface area is 238 Å². The smallest absolute Gasteiger partial charge is 0.246 e. The maximum atomic E-state index is 12.5. The molecule has 10 nitrogen and oxygen atoms in total. The van der Waals surface area contributed by atoms with Gasteiger partial charge in [-0.2, -0.15) is 10.2 Å². The van der Waals surface area contributed by atoms with Crippen molar-refractivity contribution in [3.8, 4) is 17.9 Å². The van der Waals surface area contributed by atoms with E-state index >= 15 is 0 Å². The maximum absolute atomic E-state index is 12.5. The van der Waals surface area contributed by atoms with Crippen molar-refractivity contribution in [2.24, 2.45) is 0 Å². The standard InChI is InChI=1S/C30H40N8O2/c1-7-18-37(5)28-25(22-33-30(35-28)34-26-15-11-13-24(20-26)21-31)14-9-8-10-17-32-29(40)23(2)38(6)27(39)16-12-19-36(3)4/h11-13,15-16,20,22-23H,7-8,10,17-19H2,1-6H3,(H,32,40)(H,33,34,35)/t23-/m0/s1. The zero-order chi connectivity index (χ0) is 29.5. The van der Waals surface area contributed by atoms with Gasteiger partial charge in [0.25, 0.3) is 0 Å². The van der Waals surface area contributed by atoms with E-state index in [1.165, 1.54) is 11.0 Å². The summed E-state index contributed by atoms with van der Waals surface area (Å²) >= 11 is 0. The first kappa shape index (κ1) is 31.8. The fourth-order valence-electron chi connectivity index (χ4n) is 3.59. The minimum absolute atomic E-state index is 0.204. The average molecular weight is 545 g/mol. The van der Waals surface area contributed by atoms with Gasteiger partial charge in [0.1, 0.15) is 11.9 Å². The lowest BCUT2D eigenvalue weighted by atomic mass is 10.2. The van der Waals surface area contributed by atoms with Crippen LogP contribution in [-0.4, -0.2) is 85.4 Å². The molecule has 0 aliphatic heterocycles. The van der Waals surface area contributed by atoms with E-state index in [4.69, 9.17) is 5.26 Å². The highest BCUT2D eigenvalue weighted by Gasteiger charge is 2.20. The lowest BCUT2D eigenvalue weighted by molar-refractivity contribution is -0.135. The average Bonchev–Trinajstić information content (AvgIpc) is 2.94. The molecule has 2 rings (SSSR count). The summed E-state index contributed by atoms with van der Waals surface area (Å²) < 4.78 is 0. The molecular formula is C30H40N8O2. The Hall–Kier alpha value is -4.41. The number of nitrogens with zero attached hydrogens (tertiary/aromatic N) is 6. The van der Waals surface area contributed by atoms with Gasteiger partial charge in [0.05, 0.1) is 23.4 Å². The van der Waals surface area contributed by atoms with Crippen molar-refractivity contribution in [2.45, 2.75) is 39.2 Å². The first-order valence-corrected chi connectivity index (χ1v) is 13.4. The Balaban J connectivity index is 1.95. The molecule has 40 heavy (non-hydrogen) atoms. The zero-order valence-electron chi connectivity index (χ0n) is 24.4. The molecule has 1 aromatic heterocycles. The molecule has 0 unspecified atom stereocenters. The molecule has 0 saturated heterocycles. The van der Waals surface area contributed by atoms with E-state index in [0.717, 1.165) is 24.5 Å². The predicted molar refractivity (Wildman–Crippen MR) is 159 cm³/mol. The van der Waals surface area contributed by atoms with Crippen LogP contribution in [0, 0.1) is 23.2 Å². The number of aromatic nitrogens is 2. The molecule has 0 saturated carbocycles. The fraction of sp³-hybridized carbons (Fsp3) is 0.433. The molecule has 1 aromatic carbocycles. The molecular weight excluding hydrogens is 504 g/mol. The van der Waals surface area contributed by atoms with E-state index in [0.29, 0.717) is 43.0 Å². The number of likely N-dealkylation sites (N-methyl/N-ethyl adjacent to an activating group) is 2. The van der Waals surface area contributed by atoms with E-state index in [1.54, 1.807) is 44.4 Å². The molecule has 2 N–H and O–H groups in total. The predicted octanol–water partition coefficient (Wildman–Crippen LogP) is 3.15. The van der Waals surface area contributed by atoms with E-state index < -0.39 is 6.04 Å². The number of benzene rings is 1. The molecule has 0 aliphatic carbocycles. The second-order valence-corrected chi connectivity index (χ2v) is 9.66. The number of hydrogen-bond donors (Lipinski definition) is 2. The SMILES string of the molecule is CCCN(C)c1nc(Nc2cccc(C#N)c2)ncc1C#CCCCNC(=O)[C@H](C)N(C)C(=O)C=CCN(C)C. The highest BCUT2D eigenvalue weighted by atomic mass is 16.2. The van der Waals surface area contributed by atoms with Crippen LogP contribution in [0.2, 0.25) is 0 Å². The minimum Gasteiger partial charge on any atom is -0.358 e. The van der Waals surface area contributed by atoms with Gasteiger partial charge in [-0.1, -0.05) is 30.9 Å². The summed E-state index contributed by atoms with van der Waals surface area (Å²) in [6.07, 6.45) is 7.16. The van der Waals surface area contributed by atoms with Crippen LogP contribution in [0.5, 0.6) is 0 Å². The summed E-state index contributed by atoms with van der Waals surface area (Å²) in [5.41, 5.74) is 2.00. The Bertz CT molecular complexity index is 1270. The molecule has 0 bridgehead atoms. The molecule has 0 radical (unpaired) electrons. The second kappa shape index (κ2) is 16.5. The molecule has 0 spiro atoms. The van der Waals surface area contributed by atoms with Crippen LogP contribution in [0.15, 0.2) is 42.6 Å². The van der Waals surface area contributed by atoms with Crippen LogP contribution in [-0.2, 0) is 9.59 Å². The van der Waals surface area contributed by atoms with Gasteiger partial charge in [0.15, 0.2) is 0 Å². The monoisotopic (exact) mass is 544 g/mol. The Morgan fingerprint density at radius 3 is 2.67 bits per heavy atom. The number of amides is 2. The molecule has 1 atom stereocenters. The molecule has 1 heterocycles. The number of nitrogens with one attached hydrogen (secondary N) is 2. The van der Waals surface area contributed by atoms with Gasteiger partial charge >= 0.3 is 0 Å². The highest BCUT2D eigenvalue weighted by molar-refractivity contribution is 5.92. The molecule has 2 aromatic rings. The van der Waals surface area contributed by atoms with Crippen LogP contribution < -0.4 is 15.5 Å². The van der Waals surface area contributed by atoms with Crippen LogP contribution in [0.1, 0.15) is 44.2 Å². The Kier molecular flexibility index (Phi) is 13.1. The van der Waals surface area contributed by atoms with Crippen molar-refractivity contribution in [3.05, 3.63) is 53.7 Å². The largest absolute Gasteiger partial charge is 0.358 e. The minimum atomic E-state index is -0.578.